The lowest BCUT2D eigenvalue weighted by atomic mass is 9.94. The van der Waals surface area contributed by atoms with Crippen molar-refractivity contribution in [2.45, 2.75) is 27.2 Å². The molecule has 2 amide bonds. The van der Waals surface area contributed by atoms with Crippen molar-refractivity contribution < 1.29 is 19.1 Å². The summed E-state index contributed by atoms with van der Waals surface area (Å²) in [5.74, 6) is 0.677. The second-order valence-electron chi connectivity index (χ2n) is 7.79. The Morgan fingerprint density at radius 1 is 1.04 bits per heavy atom. The molecule has 0 aromatic heterocycles. The fraction of sp³-hybridized carbons (Fsp3) is 0.364. The Hall–Kier alpha value is -3.02. The van der Waals surface area contributed by atoms with Crippen molar-refractivity contribution in [1.29, 1.82) is 0 Å². The molecule has 0 spiro atoms. The third-order valence-corrected chi connectivity index (χ3v) is 4.77. The first-order chi connectivity index (χ1) is 13.3. The average Bonchev–Trinajstić information content (AvgIpc) is 3.08. The van der Waals surface area contributed by atoms with Crippen molar-refractivity contribution in [3.63, 3.8) is 0 Å². The maximum atomic E-state index is 12.8. The van der Waals surface area contributed by atoms with Crippen molar-refractivity contribution >= 4 is 23.2 Å². The number of rotatable bonds is 4. The Bertz CT molecular complexity index is 893. The normalized spacial score (nSPS) is 13.1. The standard InChI is InChI=1S/C22H26N2O4/c1-22(2,3)21(26)24-12-11-14-13-15(9-10-16(14)24)23-20(25)19-17(27-4)7-6-8-18(19)28-5/h6-10,13H,11-12H2,1-5H3,(H,23,25). The van der Waals surface area contributed by atoms with Gasteiger partial charge < -0.3 is 19.7 Å². The number of amides is 2. The van der Waals surface area contributed by atoms with Gasteiger partial charge in [0, 0.05) is 23.3 Å². The summed E-state index contributed by atoms with van der Waals surface area (Å²) in [7, 11) is 3.03. The van der Waals surface area contributed by atoms with Crippen molar-refractivity contribution in [1.82, 2.24) is 0 Å². The van der Waals surface area contributed by atoms with Crippen LogP contribution in [0.5, 0.6) is 11.5 Å². The average molecular weight is 382 g/mol. The highest BCUT2D eigenvalue weighted by atomic mass is 16.5. The maximum Gasteiger partial charge on any atom is 0.263 e. The van der Waals surface area contributed by atoms with E-state index in [1.54, 1.807) is 18.2 Å². The van der Waals surface area contributed by atoms with Gasteiger partial charge in [-0.15, -0.1) is 0 Å². The molecule has 0 radical (unpaired) electrons. The number of nitrogens with one attached hydrogen (secondary N) is 1. The molecular formula is C22H26N2O4. The molecule has 1 aliphatic heterocycles. The third kappa shape index (κ3) is 3.67. The van der Waals surface area contributed by atoms with E-state index in [1.165, 1.54) is 14.2 Å². The molecule has 2 aromatic carbocycles. The number of carbonyl (C=O) groups excluding carboxylic acids is 2. The van der Waals surface area contributed by atoms with E-state index in [2.05, 4.69) is 5.32 Å². The number of hydrogen-bond acceptors (Lipinski definition) is 4. The minimum Gasteiger partial charge on any atom is -0.496 e. The molecule has 0 saturated carbocycles. The van der Waals surface area contributed by atoms with Crippen molar-refractivity contribution in [2.75, 3.05) is 31.0 Å². The molecule has 28 heavy (non-hydrogen) atoms. The number of carbonyl (C=O) groups is 2. The summed E-state index contributed by atoms with van der Waals surface area (Å²) in [4.78, 5) is 27.3. The second-order valence-corrected chi connectivity index (χ2v) is 7.79. The SMILES string of the molecule is COc1cccc(OC)c1C(=O)Nc1ccc2c(c1)CCN2C(=O)C(C)(C)C. The van der Waals surface area contributed by atoms with Crippen LogP contribution in [0.3, 0.4) is 0 Å². The van der Waals surface area contributed by atoms with Gasteiger partial charge in [-0.1, -0.05) is 26.8 Å². The topological polar surface area (TPSA) is 67.9 Å². The van der Waals surface area contributed by atoms with Gasteiger partial charge in [-0.2, -0.15) is 0 Å². The van der Waals surface area contributed by atoms with Gasteiger partial charge in [0.05, 0.1) is 14.2 Å². The molecule has 6 nitrogen and oxygen atoms in total. The lowest BCUT2D eigenvalue weighted by Gasteiger charge is -2.26. The van der Waals surface area contributed by atoms with E-state index in [4.69, 9.17) is 9.47 Å². The van der Waals surface area contributed by atoms with Crippen molar-refractivity contribution in [2.24, 2.45) is 5.41 Å². The van der Waals surface area contributed by atoms with E-state index in [-0.39, 0.29) is 11.8 Å². The first-order valence-corrected chi connectivity index (χ1v) is 9.23. The zero-order chi connectivity index (χ0) is 20.5. The summed E-state index contributed by atoms with van der Waals surface area (Å²) in [6.07, 6.45) is 0.763. The highest BCUT2D eigenvalue weighted by Gasteiger charge is 2.32. The van der Waals surface area contributed by atoms with E-state index in [1.807, 2.05) is 43.9 Å². The summed E-state index contributed by atoms with van der Waals surface area (Å²) in [5, 5.41) is 2.91. The van der Waals surface area contributed by atoms with Crippen LogP contribution in [-0.4, -0.2) is 32.6 Å². The molecule has 6 heteroatoms. The Balaban J connectivity index is 1.85. The van der Waals surface area contributed by atoms with Crippen LogP contribution in [0.2, 0.25) is 0 Å². The summed E-state index contributed by atoms with van der Waals surface area (Å²) >= 11 is 0. The van der Waals surface area contributed by atoms with Crippen molar-refractivity contribution in [3.8, 4) is 11.5 Å². The van der Waals surface area contributed by atoms with Crippen LogP contribution in [0.4, 0.5) is 11.4 Å². The molecule has 3 rings (SSSR count). The van der Waals surface area contributed by atoms with Gasteiger partial charge in [-0.25, -0.2) is 0 Å². The number of ether oxygens (including phenoxy) is 2. The van der Waals surface area contributed by atoms with Crippen LogP contribution in [0.1, 0.15) is 36.7 Å². The first-order valence-electron chi connectivity index (χ1n) is 9.23. The zero-order valence-electron chi connectivity index (χ0n) is 17.0. The van der Waals surface area contributed by atoms with Crippen molar-refractivity contribution in [3.05, 3.63) is 47.5 Å². The second kappa shape index (κ2) is 7.54. The minimum absolute atomic E-state index is 0.0989. The van der Waals surface area contributed by atoms with E-state index in [0.717, 1.165) is 17.7 Å². The molecule has 1 aliphatic rings. The van der Waals surface area contributed by atoms with Gasteiger partial charge in [0.2, 0.25) is 5.91 Å². The number of fused-ring (bicyclic) bond motifs is 1. The van der Waals surface area contributed by atoms with Crippen LogP contribution in [0, 0.1) is 5.41 Å². The fourth-order valence-electron chi connectivity index (χ4n) is 3.36. The van der Waals surface area contributed by atoms with Crippen LogP contribution in [0.25, 0.3) is 0 Å². The molecular weight excluding hydrogens is 356 g/mol. The largest absolute Gasteiger partial charge is 0.496 e. The maximum absolute atomic E-state index is 12.8. The number of anilines is 2. The molecule has 1 heterocycles. The number of nitrogens with zero attached hydrogens (tertiary/aromatic N) is 1. The highest BCUT2D eigenvalue weighted by molar-refractivity contribution is 6.08. The predicted octanol–water partition coefficient (Wildman–Crippen LogP) is 3.89. The fourth-order valence-corrected chi connectivity index (χ4v) is 3.36. The smallest absolute Gasteiger partial charge is 0.263 e. The van der Waals surface area contributed by atoms with E-state index >= 15 is 0 Å². The summed E-state index contributed by atoms with van der Waals surface area (Å²) in [6, 6.07) is 10.8. The number of hydrogen-bond donors (Lipinski definition) is 1. The van der Waals surface area contributed by atoms with E-state index in [0.29, 0.717) is 29.3 Å². The predicted molar refractivity (Wildman–Crippen MR) is 109 cm³/mol. The third-order valence-electron chi connectivity index (χ3n) is 4.77. The molecule has 0 bridgehead atoms. The van der Waals surface area contributed by atoms with Gasteiger partial charge in [0.15, 0.2) is 0 Å². The molecule has 0 atom stereocenters. The Morgan fingerprint density at radius 2 is 1.68 bits per heavy atom. The molecule has 0 unspecified atom stereocenters. The Kier molecular flexibility index (Phi) is 5.31. The van der Waals surface area contributed by atoms with Gasteiger partial charge in [0.1, 0.15) is 17.1 Å². The Morgan fingerprint density at radius 3 is 2.25 bits per heavy atom. The van der Waals surface area contributed by atoms with Gasteiger partial charge in [-0.3, -0.25) is 9.59 Å². The van der Waals surface area contributed by atoms with Crippen LogP contribution in [-0.2, 0) is 11.2 Å². The van der Waals surface area contributed by atoms with E-state index in [9.17, 15) is 9.59 Å². The molecule has 148 valence electrons. The molecule has 1 N–H and O–H groups in total. The lowest BCUT2D eigenvalue weighted by molar-refractivity contribution is -0.125. The monoisotopic (exact) mass is 382 g/mol. The summed E-state index contributed by atoms with van der Waals surface area (Å²) < 4.78 is 10.6. The first kappa shape index (κ1) is 19.7. The molecule has 0 saturated heterocycles. The van der Waals surface area contributed by atoms with E-state index < -0.39 is 5.41 Å². The van der Waals surface area contributed by atoms with Gasteiger partial charge in [-0.05, 0) is 42.3 Å². The summed E-state index contributed by atoms with van der Waals surface area (Å²) in [5.41, 5.74) is 2.53. The highest BCUT2D eigenvalue weighted by Crippen LogP contribution is 2.34. The molecule has 0 aliphatic carbocycles. The summed E-state index contributed by atoms with van der Waals surface area (Å²) in [6.45, 7) is 6.41. The minimum atomic E-state index is -0.436. The van der Waals surface area contributed by atoms with Gasteiger partial charge in [0.25, 0.3) is 5.91 Å². The zero-order valence-corrected chi connectivity index (χ0v) is 17.0. The quantitative estimate of drug-likeness (QED) is 0.871. The van der Waals surface area contributed by atoms with Crippen LogP contribution >= 0.6 is 0 Å². The van der Waals surface area contributed by atoms with Gasteiger partial charge >= 0.3 is 0 Å². The lowest BCUT2D eigenvalue weighted by Crippen LogP contribution is -2.38. The Labute approximate surface area is 165 Å². The number of benzene rings is 2. The van der Waals surface area contributed by atoms with Crippen LogP contribution in [0.15, 0.2) is 36.4 Å². The molecule has 2 aromatic rings. The molecule has 0 fully saturated rings. The number of methoxy groups -OCH3 is 2. The van der Waals surface area contributed by atoms with Crippen LogP contribution < -0.4 is 19.7 Å².